The van der Waals surface area contributed by atoms with Crippen LogP contribution in [0.4, 0.5) is 0 Å². The highest BCUT2D eigenvalue weighted by Gasteiger charge is 2.28. The van der Waals surface area contributed by atoms with Gasteiger partial charge in [-0.3, -0.25) is 0 Å². The van der Waals surface area contributed by atoms with Crippen molar-refractivity contribution in [2.45, 2.75) is 19.3 Å². The van der Waals surface area contributed by atoms with E-state index in [4.69, 9.17) is 4.74 Å². The Bertz CT molecular complexity index is 583. The van der Waals surface area contributed by atoms with Gasteiger partial charge >= 0.3 is 0 Å². The summed E-state index contributed by atoms with van der Waals surface area (Å²) in [6.45, 7) is 5.78. The highest BCUT2D eigenvalue weighted by atomic mass is 16.5. The van der Waals surface area contributed by atoms with Crippen LogP contribution < -0.4 is 0 Å². The van der Waals surface area contributed by atoms with E-state index in [-0.39, 0.29) is 0 Å². The number of nitrogens with zero attached hydrogens (tertiary/aromatic N) is 5. The average molecular weight is 287 g/mol. The molecule has 0 spiro atoms. The monoisotopic (exact) mass is 287 g/mol. The fraction of sp³-hybridized carbons (Fsp3) is 0.533. The summed E-state index contributed by atoms with van der Waals surface area (Å²) in [7, 11) is 1.74. The smallest absolute Gasteiger partial charge is 0.155 e. The first-order valence-corrected chi connectivity index (χ1v) is 7.34. The van der Waals surface area contributed by atoms with Crippen molar-refractivity contribution in [1.82, 2.24) is 24.6 Å². The maximum atomic E-state index is 5.16. The summed E-state index contributed by atoms with van der Waals surface area (Å²) in [5, 5.41) is 4.51. The topological polar surface area (TPSA) is 56.1 Å². The van der Waals surface area contributed by atoms with Crippen molar-refractivity contribution in [2.24, 2.45) is 0 Å². The first-order chi connectivity index (χ1) is 10.3. The number of ether oxygens (including phenoxy) is 1. The molecular weight excluding hydrogens is 266 g/mol. The summed E-state index contributed by atoms with van der Waals surface area (Å²) < 4.78 is 7.05. The zero-order chi connectivity index (χ0) is 14.7. The zero-order valence-electron chi connectivity index (χ0n) is 12.6. The lowest BCUT2D eigenvalue weighted by Gasteiger charge is -2.15. The molecule has 6 heteroatoms. The molecule has 0 N–H and O–H groups in total. The van der Waals surface area contributed by atoms with E-state index in [1.165, 1.54) is 0 Å². The lowest BCUT2D eigenvalue weighted by Crippen LogP contribution is -2.25. The Kier molecular flexibility index (Phi) is 4.26. The molecule has 0 aromatic carbocycles. The molecule has 0 radical (unpaired) electrons. The third-order valence-electron chi connectivity index (χ3n) is 3.85. The van der Waals surface area contributed by atoms with Crippen molar-refractivity contribution < 1.29 is 4.74 Å². The molecule has 0 amide bonds. The largest absolute Gasteiger partial charge is 0.383 e. The Morgan fingerprint density at radius 1 is 1.38 bits per heavy atom. The van der Waals surface area contributed by atoms with E-state index in [0.717, 1.165) is 50.1 Å². The molecule has 112 valence electrons. The lowest BCUT2D eigenvalue weighted by atomic mass is 10.1. The molecule has 6 nitrogen and oxygen atoms in total. The molecule has 21 heavy (non-hydrogen) atoms. The lowest BCUT2D eigenvalue weighted by molar-refractivity contribution is 0.160. The van der Waals surface area contributed by atoms with Gasteiger partial charge in [0.2, 0.25) is 0 Å². The number of aromatic nitrogens is 4. The maximum absolute atomic E-state index is 5.16. The van der Waals surface area contributed by atoms with Crippen LogP contribution in [0, 0.1) is 6.92 Å². The van der Waals surface area contributed by atoms with E-state index < -0.39 is 0 Å². The van der Waals surface area contributed by atoms with E-state index >= 15 is 0 Å². The van der Waals surface area contributed by atoms with Crippen molar-refractivity contribution in [1.29, 1.82) is 0 Å². The Morgan fingerprint density at radius 2 is 2.29 bits per heavy atom. The van der Waals surface area contributed by atoms with E-state index in [9.17, 15) is 0 Å². The molecule has 3 heterocycles. The molecule has 3 rings (SSSR count). The van der Waals surface area contributed by atoms with Gasteiger partial charge in [-0.15, -0.1) is 5.10 Å². The number of pyridine rings is 1. The molecule has 2 aromatic heterocycles. The number of rotatable bonds is 5. The van der Waals surface area contributed by atoms with Gasteiger partial charge in [0.05, 0.1) is 6.61 Å². The van der Waals surface area contributed by atoms with Crippen LogP contribution in [0.15, 0.2) is 24.4 Å². The summed E-state index contributed by atoms with van der Waals surface area (Å²) in [5.41, 5.74) is 0. The number of methoxy groups -OCH3 is 1. The molecule has 0 saturated carbocycles. The van der Waals surface area contributed by atoms with Gasteiger partial charge in [0.1, 0.15) is 11.6 Å². The molecular formula is C15H21N5O. The van der Waals surface area contributed by atoms with Crippen LogP contribution in [0.3, 0.4) is 0 Å². The molecule has 1 fully saturated rings. The Morgan fingerprint density at radius 3 is 3.05 bits per heavy atom. The SMILES string of the molecule is COCCN1CCC(c2nc(C)nn2-c2ccccn2)C1. The van der Waals surface area contributed by atoms with Gasteiger partial charge in [0.25, 0.3) is 0 Å². The molecule has 2 aromatic rings. The number of hydrogen-bond donors (Lipinski definition) is 0. The van der Waals surface area contributed by atoms with Crippen LogP contribution in [-0.2, 0) is 4.74 Å². The summed E-state index contributed by atoms with van der Waals surface area (Å²) in [5.74, 6) is 3.06. The summed E-state index contributed by atoms with van der Waals surface area (Å²) in [4.78, 5) is 11.4. The van der Waals surface area contributed by atoms with E-state index in [2.05, 4.69) is 20.0 Å². The van der Waals surface area contributed by atoms with E-state index in [1.54, 1.807) is 13.3 Å². The number of likely N-dealkylation sites (tertiary alicyclic amines) is 1. The fourth-order valence-corrected chi connectivity index (χ4v) is 2.81. The summed E-state index contributed by atoms with van der Waals surface area (Å²) in [6, 6.07) is 5.85. The molecule has 1 aliphatic heterocycles. The van der Waals surface area contributed by atoms with Crippen LogP contribution in [-0.4, -0.2) is 58.0 Å². The quantitative estimate of drug-likeness (QED) is 0.832. The number of aryl methyl sites for hydroxylation is 1. The van der Waals surface area contributed by atoms with Gasteiger partial charge in [0, 0.05) is 32.3 Å². The Labute approximate surface area is 124 Å². The standard InChI is InChI=1S/C15H21N5O/c1-12-17-15(13-6-8-19(11-13)9-10-21-2)20(18-12)14-5-3-4-7-16-14/h3-5,7,13H,6,8-11H2,1-2H3. The third-order valence-corrected chi connectivity index (χ3v) is 3.85. The van der Waals surface area contributed by atoms with Crippen LogP contribution >= 0.6 is 0 Å². The molecule has 1 unspecified atom stereocenters. The van der Waals surface area contributed by atoms with E-state index in [0.29, 0.717) is 5.92 Å². The fourth-order valence-electron chi connectivity index (χ4n) is 2.81. The van der Waals surface area contributed by atoms with Crippen molar-refractivity contribution in [3.05, 3.63) is 36.0 Å². The predicted molar refractivity (Wildman–Crippen MR) is 79.6 cm³/mol. The highest BCUT2D eigenvalue weighted by Crippen LogP contribution is 2.27. The second-order valence-electron chi connectivity index (χ2n) is 5.40. The minimum atomic E-state index is 0.407. The van der Waals surface area contributed by atoms with Crippen LogP contribution in [0.2, 0.25) is 0 Å². The predicted octanol–water partition coefficient (Wildman–Crippen LogP) is 1.41. The van der Waals surface area contributed by atoms with Crippen LogP contribution in [0.1, 0.15) is 24.0 Å². The van der Waals surface area contributed by atoms with Crippen molar-refractivity contribution in [2.75, 3.05) is 33.4 Å². The van der Waals surface area contributed by atoms with Gasteiger partial charge in [-0.25, -0.2) is 9.97 Å². The second kappa shape index (κ2) is 6.32. The number of hydrogen-bond acceptors (Lipinski definition) is 5. The highest BCUT2D eigenvalue weighted by molar-refractivity contribution is 5.23. The first kappa shape index (κ1) is 14.2. The van der Waals surface area contributed by atoms with Gasteiger partial charge in [-0.05, 0) is 32.0 Å². The van der Waals surface area contributed by atoms with Gasteiger partial charge in [0.15, 0.2) is 5.82 Å². The van der Waals surface area contributed by atoms with Gasteiger partial charge < -0.3 is 9.64 Å². The molecule has 0 bridgehead atoms. The van der Waals surface area contributed by atoms with E-state index in [1.807, 2.05) is 29.8 Å². The minimum Gasteiger partial charge on any atom is -0.383 e. The van der Waals surface area contributed by atoms with Crippen molar-refractivity contribution in [3.63, 3.8) is 0 Å². The third kappa shape index (κ3) is 3.11. The normalized spacial score (nSPS) is 19.2. The summed E-state index contributed by atoms with van der Waals surface area (Å²) in [6.07, 6.45) is 2.89. The second-order valence-corrected chi connectivity index (χ2v) is 5.40. The molecule has 1 atom stereocenters. The van der Waals surface area contributed by atoms with Crippen molar-refractivity contribution >= 4 is 0 Å². The molecule has 0 aliphatic carbocycles. The van der Waals surface area contributed by atoms with Gasteiger partial charge in [-0.2, -0.15) is 4.68 Å². The Balaban J connectivity index is 1.80. The van der Waals surface area contributed by atoms with Gasteiger partial charge in [-0.1, -0.05) is 6.07 Å². The van der Waals surface area contributed by atoms with Crippen LogP contribution in [0.5, 0.6) is 0 Å². The van der Waals surface area contributed by atoms with Crippen molar-refractivity contribution in [3.8, 4) is 5.82 Å². The van der Waals surface area contributed by atoms with Crippen LogP contribution in [0.25, 0.3) is 5.82 Å². The minimum absolute atomic E-state index is 0.407. The first-order valence-electron chi connectivity index (χ1n) is 7.34. The zero-order valence-corrected chi connectivity index (χ0v) is 12.6. The molecule has 1 saturated heterocycles. The Hall–Kier alpha value is -1.79. The maximum Gasteiger partial charge on any atom is 0.155 e. The average Bonchev–Trinajstić information content (AvgIpc) is 3.12. The molecule has 1 aliphatic rings. The summed E-state index contributed by atoms with van der Waals surface area (Å²) >= 11 is 0.